The van der Waals surface area contributed by atoms with Gasteiger partial charge in [0.05, 0.1) is 11.8 Å². The van der Waals surface area contributed by atoms with Crippen LogP contribution in [0.15, 0.2) is 23.5 Å². The van der Waals surface area contributed by atoms with E-state index < -0.39 is 29.9 Å². The molecule has 2 aliphatic heterocycles. The number of cyclic esters (lactones) is 1. The Kier molecular flexibility index (Phi) is 4.49. The van der Waals surface area contributed by atoms with E-state index in [4.69, 9.17) is 14.2 Å². The minimum Gasteiger partial charge on any atom is -0.458 e. The predicted octanol–water partition coefficient (Wildman–Crippen LogP) is 2.27. The van der Waals surface area contributed by atoms with Crippen LogP contribution in [-0.4, -0.2) is 40.8 Å². The van der Waals surface area contributed by atoms with Gasteiger partial charge in [0.15, 0.2) is 0 Å². The van der Waals surface area contributed by atoms with Gasteiger partial charge in [-0.3, -0.25) is 4.79 Å². The molecule has 0 saturated carbocycles. The molecule has 1 saturated heterocycles. The van der Waals surface area contributed by atoms with Gasteiger partial charge in [-0.2, -0.15) is 0 Å². The van der Waals surface area contributed by atoms with Crippen molar-refractivity contribution in [1.29, 1.82) is 0 Å². The summed E-state index contributed by atoms with van der Waals surface area (Å²) in [7, 11) is 0. The van der Waals surface area contributed by atoms with E-state index in [9.17, 15) is 14.4 Å². The van der Waals surface area contributed by atoms with E-state index in [0.717, 1.165) is 4.90 Å². The molecule has 2 aliphatic rings. The van der Waals surface area contributed by atoms with Crippen molar-refractivity contribution in [2.75, 3.05) is 0 Å². The van der Waals surface area contributed by atoms with Crippen LogP contribution >= 0.6 is 0 Å². The van der Waals surface area contributed by atoms with E-state index >= 15 is 0 Å². The number of amides is 2. The molecule has 0 N–H and O–H groups in total. The maximum absolute atomic E-state index is 12.3. The number of esters is 1. The number of carbonyl (C=O) groups is 3. The zero-order valence-corrected chi connectivity index (χ0v) is 13.9. The number of ether oxygens (including phenoxy) is 3. The van der Waals surface area contributed by atoms with Crippen molar-refractivity contribution in [3.63, 3.8) is 0 Å². The lowest BCUT2D eigenvalue weighted by Crippen LogP contribution is -2.41. The molecule has 0 aliphatic carbocycles. The fraction of sp³-hybridized carbons (Fsp3) is 0.562. The first-order valence-electron chi connectivity index (χ1n) is 7.39. The maximum Gasteiger partial charge on any atom is 0.417 e. The van der Waals surface area contributed by atoms with Gasteiger partial charge in [0.2, 0.25) is 0 Å². The van der Waals surface area contributed by atoms with Crippen LogP contribution in [0, 0.1) is 0 Å². The summed E-state index contributed by atoms with van der Waals surface area (Å²) < 4.78 is 15.5. The molecule has 0 spiro atoms. The van der Waals surface area contributed by atoms with Crippen LogP contribution < -0.4 is 0 Å². The molecule has 7 nitrogen and oxygen atoms in total. The van der Waals surface area contributed by atoms with Gasteiger partial charge in [-0.1, -0.05) is 0 Å². The van der Waals surface area contributed by atoms with Gasteiger partial charge in [-0.15, -0.1) is 0 Å². The quantitative estimate of drug-likeness (QED) is 0.440. The molecule has 0 bridgehead atoms. The van der Waals surface area contributed by atoms with E-state index in [1.54, 1.807) is 34.6 Å². The Hall–Kier alpha value is -2.31. The first kappa shape index (κ1) is 17.1. The van der Waals surface area contributed by atoms with Crippen molar-refractivity contribution in [2.24, 2.45) is 0 Å². The van der Waals surface area contributed by atoms with Crippen molar-refractivity contribution in [3.8, 4) is 0 Å². The summed E-state index contributed by atoms with van der Waals surface area (Å²) in [4.78, 5) is 36.8. The van der Waals surface area contributed by atoms with E-state index in [-0.39, 0.29) is 6.04 Å². The van der Waals surface area contributed by atoms with Gasteiger partial charge >= 0.3 is 12.1 Å². The lowest BCUT2D eigenvalue weighted by molar-refractivity contribution is -0.152. The predicted molar refractivity (Wildman–Crippen MR) is 80.0 cm³/mol. The maximum atomic E-state index is 12.3. The van der Waals surface area contributed by atoms with Crippen molar-refractivity contribution in [3.05, 3.63) is 23.5 Å². The zero-order valence-electron chi connectivity index (χ0n) is 13.9. The number of likely N-dealkylation sites (tertiary alicyclic amines) is 1. The Morgan fingerprint density at radius 2 is 2.04 bits per heavy atom. The lowest BCUT2D eigenvalue weighted by Gasteiger charge is -2.25. The number of hydrogen-bond donors (Lipinski definition) is 0. The first-order chi connectivity index (χ1) is 10.6. The third-order valence-corrected chi connectivity index (χ3v) is 3.32. The molecule has 0 aromatic rings. The molecule has 7 heteroatoms. The van der Waals surface area contributed by atoms with Crippen molar-refractivity contribution >= 4 is 18.0 Å². The van der Waals surface area contributed by atoms with Crippen molar-refractivity contribution < 1.29 is 28.6 Å². The van der Waals surface area contributed by atoms with Crippen molar-refractivity contribution in [1.82, 2.24) is 4.90 Å². The molecular weight excluding hydrogens is 302 g/mol. The summed E-state index contributed by atoms with van der Waals surface area (Å²) in [6.07, 6.45) is 1.60. The molecule has 0 aromatic carbocycles. The molecule has 2 rings (SSSR count). The molecule has 2 unspecified atom stereocenters. The molecule has 0 radical (unpaired) electrons. The third-order valence-electron chi connectivity index (χ3n) is 3.32. The summed E-state index contributed by atoms with van der Waals surface area (Å²) >= 11 is 0. The standard InChI is InChI=1S/C16H21NO6/c1-9-6-12(22-14(9)19)21-8-11-7-10(2)17(13(11)18)15(20)23-16(3,4)5/h6,8,10,12H,7H2,1-5H3/b11-8+. The molecular formula is C16H21NO6. The molecule has 2 heterocycles. The molecule has 126 valence electrons. The highest BCUT2D eigenvalue weighted by Crippen LogP contribution is 2.27. The Morgan fingerprint density at radius 3 is 2.57 bits per heavy atom. The van der Waals surface area contributed by atoms with Gasteiger partial charge in [0, 0.05) is 24.1 Å². The summed E-state index contributed by atoms with van der Waals surface area (Å²) in [6, 6.07) is -0.324. The Labute approximate surface area is 134 Å². The van der Waals surface area contributed by atoms with E-state index in [1.165, 1.54) is 12.3 Å². The Bertz CT molecular complexity index is 598. The van der Waals surface area contributed by atoms with Crippen LogP contribution in [0.25, 0.3) is 0 Å². The van der Waals surface area contributed by atoms with Crippen LogP contribution in [0.5, 0.6) is 0 Å². The average Bonchev–Trinajstić information content (AvgIpc) is 2.85. The Morgan fingerprint density at radius 1 is 1.39 bits per heavy atom. The monoisotopic (exact) mass is 323 g/mol. The van der Waals surface area contributed by atoms with Gasteiger partial charge in [-0.05, 0) is 34.6 Å². The average molecular weight is 323 g/mol. The second-order valence-electron chi connectivity index (χ2n) is 6.61. The second-order valence-corrected chi connectivity index (χ2v) is 6.61. The first-order valence-corrected chi connectivity index (χ1v) is 7.39. The molecule has 1 fully saturated rings. The van der Waals surface area contributed by atoms with Gasteiger partial charge < -0.3 is 14.2 Å². The van der Waals surface area contributed by atoms with E-state index in [1.807, 2.05) is 0 Å². The summed E-state index contributed by atoms with van der Waals surface area (Å²) in [5.74, 6) is -0.910. The smallest absolute Gasteiger partial charge is 0.417 e. The third kappa shape index (κ3) is 3.91. The van der Waals surface area contributed by atoms with Crippen LogP contribution in [0.4, 0.5) is 4.79 Å². The van der Waals surface area contributed by atoms with Crippen molar-refractivity contribution in [2.45, 2.75) is 59.0 Å². The number of nitrogens with zero attached hydrogens (tertiary/aromatic N) is 1. The largest absolute Gasteiger partial charge is 0.458 e. The lowest BCUT2D eigenvalue weighted by atomic mass is 10.2. The summed E-state index contributed by atoms with van der Waals surface area (Å²) in [5, 5.41) is 0. The highest BCUT2D eigenvalue weighted by atomic mass is 16.7. The van der Waals surface area contributed by atoms with Gasteiger partial charge in [0.25, 0.3) is 12.2 Å². The van der Waals surface area contributed by atoms with Crippen LogP contribution in [0.1, 0.15) is 41.0 Å². The Balaban J connectivity index is 2.03. The molecule has 2 atom stereocenters. The van der Waals surface area contributed by atoms with Gasteiger partial charge in [0.1, 0.15) is 5.60 Å². The van der Waals surface area contributed by atoms with E-state index in [0.29, 0.717) is 17.6 Å². The molecule has 23 heavy (non-hydrogen) atoms. The minimum atomic E-state index is -0.839. The summed E-state index contributed by atoms with van der Waals surface area (Å²) in [5.41, 5.74) is 0.104. The van der Waals surface area contributed by atoms with Crippen LogP contribution in [-0.2, 0) is 23.8 Å². The number of imide groups is 1. The minimum absolute atomic E-state index is 0.324. The molecule has 2 amide bonds. The second kappa shape index (κ2) is 6.06. The fourth-order valence-corrected chi connectivity index (χ4v) is 2.25. The summed E-state index contributed by atoms with van der Waals surface area (Å²) in [6.45, 7) is 8.57. The fourth-order valence-electron chi connectivity index (χ4n) is 2.25. The highest BCUT2D eigenvalue weighted by Gasteiger charge is 2.40. The van der Waals surface area contributed by atoms with Crippen LogP contribution in [0.3, 0.4) is 0 Å². The number of hydrogen-bond acceptors (Lipinski definition) is 6. The van der Waals surface area contributed by atoms with E-state index in [2.05, 4.69) is 0 Å². The zero-order chi connectivity index (χ0) is 17.4. The SMILES string of the molecule is CC1=CC(O/C=C2\CC(C)N(C(=O)OC(C)(C)C)C2=O)OC1=O. The topological polar surface area (TPSA) is 82.1 Å². The highest BCUT2D eigenvalue weighted by molar-refractivity contribution is 6.05. The van der Waals surface area contributed by atoms with Gasteiger partial charge in [-0.25, -0.2) is 14.5 Å². The number of rotatable bonds is 2. The normalized spacial score (nSPS) is 26.4. The van der Waals surface area contributed by atoms with Crippen LogP contribution in [0.2, 0.25) is 0 Å². The molecule has 0 aromatic heterocycles. The number of carbonyl (C=O) groups excluding carboxylic acids is 3.